The van der Waals surface area contributed by atoms with Crippen LogP contribution in [0, 0.1) is 5.92 Å². The zero-order valence-corrected chi connectivity index (χ0v) is 17.6. The van der Waals surface area contributed by atoms with Gasteiger partial charge < -0.3 is 9.47 Å². The number of amides is 1. The van der Waals surface area contributed by atoms with E-state index in [-0.39, 0.29) is 30.5 Å². The average Bonchev–Trinajstić information content (AvgIpc) is 3.46. The van der Waals surface area contributed by atoms with Crippen molar-refractivity contribution in [2.24, 2.45) is 5.92 Å². The molecule has 0 atom stereocenters. The Balaban J connectivity index is 1.58. The van der Waals surface area contributed by atoms with E-state index in [1.165, 1.54) is 12.1 Å². The number of pyridine rings is 1. The van der Waals surface area contributed by atoms with Crippen molar-refractivity contribution in [3.63, 3.8) is 0 Å². The molecule has 0 aliphatic heterocycles. The van der Waals surface area contributed by atoms with Gasteiger partial charge in [0.05, 0.1) is 12.1 Å². The van der Waals surface area contributed by atoms with Gasteiger partial charge in [0, 0.05) is 43.8 Å². The standard InChI is InChI=1S/C24H25F3N4O/c25-24(26,27)21-10-4-3-9-20(21)16-30-13-12-29-22(30)17-31(15-18-6-5-11-28-14-18)23(32)19-7-1-2-8-19/h3-6,9-14,19H,1-2,7-8,15-17H2. The minimum Gasteiger partial charge on any atom is -0.331 e. The third-order valence-corrected chi connectivity index (χ3v) is 5.91. The Hall–Kier alpha value is -3.16. The number of hydrogen-bond acceptors (Lipinski definition) is 3. The number of benzene rings is 1. The number of carbonyl (C=O) groups excluding carboxylic acids is 1. The predicted molar refractivity (Wildman–Crippen MR) is 113 cm³/mol. The van der Waals surface area contributed by atoms with Crippen LogP contribution in [0.4, 0.5) is 13.2 Å². The lowest BCUT2D eigenvalue weighted by Gasteiger charge is -2.26. The van der Waals surface area contributed by atoms with E-state index >= 15 is 0 Å². The number of nitrogens with zero attached hydrogens (tertiary/aromatic N) is 4. The fourth-order valence-corrected chi connectivity index (χ4v) is 4.28. The lowest BCUT2D eigenvalue weighted by Crippen LogP contribution is -2.35. The van der Waals surface area contributed by atoms with Crippen LogP contribution in [-0.2, 0) is 30.6 Å². The number of imidazole rings is 1. The van der Waals surface area contributed by atoms with Gasteiger partial charge in [-0.05, 0) is 36.1 Å². The molecule has 0 saturated heterocycles. The Kier molecular flexibility index (Phi) is 6.58. The van der Waals surface area contributed by atoms with Gasteiger partial charge in [-0.3, -0.25) is 9.78 Å². The summed E-state index contributed by atoms with van der Waals surface area (Å²) in [5.74, 6) is 0.606. The monoisotopic (exact) mass is 442 g/mol. The highest BCUT2D eigenvalue weighted by molar-refractivity contribution is 5.79. The molecule has 1 saturated carbocycles. The molecule has 168 valence electrons. The third-order valence-electron chi connectivity index (χ3n) is 5.91. The highest BCUT2D eigenvalue weighted by Gasteiger charge is 2.33. The zero-order chi connectivity index (χ0) is 22.6. The summed E-state index contributed by atoms with van der Waals surface area (Å²) in [7, 11) is 0. The van der Waals surface area contributed by atoms with Crippen LogP contribution >= 0.6 is 0 Å². The molecule has 1 aliphatic carbocycles. The van der Waals surface area contributed by atoms with Gasteiger partial charge in [-0.25, -0.2) is 4.98 Å². The van der Waals surface area contributed by atoms with Gasteiger partial charge >= 0.3 is 6.18 Å². The molecule has 1 amide bonds. The van der Waals surface area contributed by atoms with Crippen molar-refractivity contribution in [3.8, 4) is 0 Å². The number of alkyl halides is 3. The Bertz CT molecular complexity index is 1040. The van der Waals surface area contributed by atoms with Crippen molar-refractivity contribution < 1.29 is 18.0 Å². The second-order valence-electron chi connectivity index (χ2n) is 8.16. The smallest absolute Gasteiger partial charge is 0.331 e. The van der Waals surface area contributed by atoms with Crippen molar-refractivity contribution >= 4 is 5.91 Å². The first-order valence-corrected chi connectivity index (χ1v) is 10.7. The maximum absolute atomic E-state index is 13.4. The van der Waals surface area contributed by atoms with Crippen LogP contribution < -0.4 is 0 Å². The molecule has 2 aromatic heterocycles. The van der Waals surface area contributed by atoms with E-state index in [4.69, 9.17) is 0 Å². The molecular weight excluding hydrogens is 417 g/mol. The van der Waals surface area contributed by atoms with Crippen molar-refractivity contribution in [2.75, 3.05) is 0 Å². The Morgan fingerprint density at radius 3 is 2.56 bits per heavy atom. The maximum Gasteiger partial charge on any atom is 0.416 e. The molecule has 3 aromatic rings. The molecule has 4 rings (SSSR count). The topological polar surface area (TPSA) is 51.0 Å². The number of rotatable bonds is 7. The van der Waals surface area contributed by atoms with E-state index in [2.05, 4.69) is 9.97 Å². The SMILES string of the molecule is O=C(C1CCCC1)N(Cc1cccnc1)Cc1nccn1Cc1ccccc1C(F)(F)F. The fourth-order valence-electron chi connectivity index (χ4n) is 4.28. The van der Waals surface area contributed by atoms with Gasteiger partial charge in [0.25, 0.3) is 0 Å². The molecule has 0 spiro atoms. The van der Waals surface area contributed by atoms with E-state index in [1.807, 2.05) is 12.1 Å². The van der Waals surface area contributed by atoms with Gasteiger partial charge in [0.2, 0.25) is 5.91 Å². The first-order valence-electron chi connectivity index (χ1n) is 10.7. The summed E-state index contributed by atoms with van der Waals surface area (Å²) in [5.41, 5.74) is 0.411. The summed E-state index contributed by atoms with van der Waals surface area (Å²) in [6.07, 6.45) is 6.02. The Morgan fingerprint density at radius 2 is 1.84 bits per heavy atom. The normalized spacial score (nSPS) is 14.6. The molecule has 0 unspecified atom stereocenters. The molecular formula is C24H25F3N4O. The highest BCUT2D eigenvalue weighted by Crippen LogP contribution is 2.32. The van der Waals surface area contributed by atoms with E-state index in [1.54, 1.807) is 40.3 Å². The molecule has 1 aromatic carbocycles. The van der Waals surface area contributed by atoms with Gasteiger partial charge in [-0.1, -0.05) is 37.1 Å². The maximum atomic E-state index is 13.4. The lowest BCUT2D eigenvalue weighted by molar-refractivity contribution is -0.138. The van der Waals surface area contributed by atoms with Crippen LogP contribution in [0.2, 0.25) is 0 Å². The minimum atomic E-state index is -4.43. The van der Waals surface area contributed by atoms with E-state index in [9.17, 15) is 18.0 Å². The van der Waals surface area contributed by atoms with Gasteiger partial charge in [-0.15, -0.1) is 0 Å². The van der Waals surface area contributed by atoms with Gasteiger partial charge in [-0.2, -0.15) is 13.2 Å². The molecule has 2 heterocycles. The number of hydrogen-bond donors (Lipinski definition) is 0. The molecule has 0 N–H and O–H groups in total. The minimum absolute atomic E-state index is 0.0129. The Morgan fingerprint density at radius 1 is 1.06 bits per heavy atom. The van der Waals surface area contributed by atoms with E-state index < -0.39 is 11.7 Å². The number of aromatic nitrogens is 3. The van der Waals surface area contributed by atoms with E-state index in [0.717, 1.165) is 37.3 Å². The van der Waals surface area contributed by atoms with Crippen LogP contribution in [0.5, 0.6) is 0 Å². The molecule has 8 heteroatoms. The van der Waals surface area contributed by atoms with Gasteiger partial charge in [0.1, 0.15) is 5.82 Å². The molecule has 1 fully saturated rings. The second kappa shape index (κ2) is 9.54. The lowest BCUT2D eigenvalue weighted by atomic mass is 10.1. The molecule has 32 heavy (non-hydrogen) atoms. The van der Waals surface area contributed by atoms with Crippen LogP contribution in [-0.4, -0.2) is 25.3 Å². The van der Waals surface area contributed by atoms with Crippen LogP contribution in [0.25, 0.3) is 0 Å². The quantitative estimate of drug-likeness (QED) is 0.514. The summed E-state index contributed by atoms with van der Waals surface area (Å²) >= 11 is 0. The number of carbonyl (C=O) groups is 1. The van der Waals surface area contributed by atoms with Crippen molar-refractivity contribution in [1.82, 2.24) is 19.4 Å². The first kappa shape index (κ1) is 22.0. The molecule has 1 aliphatic rings. The van der Waals surface area contributed by atoms with Crippen LogP contribution in [0.3, 0.4) is 0 Å². The number of halogens is 3. The molecule has 0 radical (unpaired) electrons. The van der Waals surface area contributed by atoms with E-state index in [0.29, 0.717) is 12.4 Å². The first-order chi connectivity index (χ1) is 15.4. The zero-order valence-electron chi connectivity index (χ0n) is 17.6. The Labute approximate surface area is 184 Å². The van der Waals surface area contributed by atoms with Crippen LogP contribution in [0.15, 0.2) is 61.2 Å². The third kappa shape index (κ3) is 5.18. The average molecular weight is 442 g/mol. The summed E-state index contributed by atoms with van der Waals surface area (Å²) in [6.45, 7) is 0.643. The summed E-state index contributed by atoms with van der Waals surface area (Å²) in [4.78, 5) is 23.5. The largest absolute Gasteiger partial charge is 0.416 e. The summed E-state index contributed by atoms with van der Waals surface area (Å²) in [5, 5.41) is 0. The van der Waals surface area contributed by atoms with Crippen molar-refractivity contribution in [3.05, 3.63) is 83.7 Å². The van der Waals surface area contributed by atoms with Crippen molar-refractivity contribution in [1.29, 1.82) is 0 Å². The molecule has 0 bridgehead atoms. The second-order valence-corrected chi connectivity index (χ2v) is 8.16. The molecule has 5 nitrogen and oxygen atoms in total. The summed E-state index contributed by atoms with van der Waals surface area (Å²) < 4.78 is 42.0. The highest BCUT2D eigenvalue weighted by atomic mass is 19.4. The van der Waals surface area contributed by atoms with Gasteiger partial charge in [0.15, 0.2) is 0 Å². The predicted octanol–water partition coefficient (Wildman–Crippen LogP) is 5.06. The summed E-state index contributed by atoms with van der Waals surface area (Å²) in [6, 6.07) is 9.28. The fraction of sp³-hybridized carbons (Fsp3) is 0.375. The van der Waals surface area contributed by atoms with Crippen LogP contribution in [0.1, 0.15) is 48.2 Å². The van der Waals surface area contributed by atoms with Crippen molar-refractivity contribution in [2.45, 2.75) is 51.5 Å².